The summed E-state index contributed by atoms with van der Waals surface area (Å²) in [5, 5.41) is -0.468. The molecule has 0 unspecified atom stereocenters. The van der Waals surface area contributed by atoms with Gasteiger partial charge in [0, 0.05) is 11.6 Å². The highest BCUT2D eigenvalue weighted by molar-refractivity contribution is 6.38. The average Bonchev–Trinajstić information content (AvgIpc) is 2.60. The predicted molar refractivity (Wildman–Crippen MR) is 91.4 cm³/mol. The fourth-order valence-corrected chi connectivity index (χ4v) is 3.02. The highest BCUT2D eigenvalue weighted by Gasteiger charge is 2.35. The van der Waals surface area contributed by atoms with Gasteiger partial charge in [0.25, 0.3) is 0 Å². The first-order valence-corrected chi connectivity index (χ1v) is 7.72. The quantitative estimate of drug-likeness (QED) is 0.657. The first-order valence-electron chi connectivity index (χ1n) is 7.34. The highest BCUT2D eigenvalue weighted by Crippen LogP contribution is 2.41. The van der Waals surface area contributed by atoms with Gasteiger partial charge < -0.3 is 9.72 Å². The van der Waals surface area contributed by atoms with Crippen molar-refractivity contribution in [2.24, 2.45) is 0 Å². The van der Waals surface area contributed by atoms with Crippen LogP contribution in [0, 0.1) is 0 Å². The van der Waals surface area contributed by atoms with Crippen molar-refractivity contribution in [3.8, 4) is 11.1 Å². The van der Waals surface area contributed by atoms with Crippen LogP contribution in [-0.4, -0.2) is 18.1 Å². The van der Waals surface area contributed by atoms with Gasteiger partial charge in [-0.1, -0.05) is 41.9 Å². The lowest BCUT2D eigenvalue weighted by atomic mass is 9.98. The Morgan fingerprint density at radius 3 is 2.38 bits per heavy atom. The molecule has 26 heavy (non-hydrogen) atoms. The number of carbonyl (C=O) groups excluding carboxylic acids is 1. The summed E-state index contributed by atoms with van der Waals surface area (Å²) in [6, 6.07) is 9.90. The molecule has 0 aliphatic heterocycles. The second-order valence-corrected chi connectivity index (χ2v) is 5.82. The van der Waals surface area contributed by atoms with Crippen LogP contribution in [-0.2, 0) is 10.9 Å². The van der Waals surface area contributed by atoms with Crippen LogP contribution < -0.4 is 5.43 Å². The molecular formula is C18H11ClF3NO3. The number of rotatable bonds is 2. The van der Waals surface area contributed by atoms with Gasteiger partial charge in [0.05, 0.1) is 28.6 Å². The van der Waals surface area contributed by atoms with E-state index in [4.69, 9.17) is 11.6 Å². The molecule has 2 aromatic carbocycles. The van der Waals surface area contributed by atoms with Crippen LogP contribution in [0.5, 0.6) is 0 Å². The van der Waals surface area contributed by atoms with Crippen molar-refractivity contribution in [3.05, 3.63) is 69.0 Å². The number of esters is 1. The first-order chi connectivity index (χ1) is 12.2. The minimum absolute atomic E-state index is 0.0726. The predicted octanol–water partition coefficient (Wildman–Crippen LogP) is 4.65. The van der Waals surface area contributed by atoms with E-state index in [2.05, 4.69) is 9.72 Å². The molecule has 0 fully saturated rings. The van der Waals surface area contributed by atoms with E-state index < -0.39 is 28.7 Å². The van der Waals surface area contributed by atoms with Crippen molar-refractivity contribution < 1.29 is 22.7 Å². The number of nitrogens with one attached hydrogen (secondary N) is 1. The van der Waals surface area contributed by atoms with Gasteiger partial charge in [-0.15, -0.1) is 0 Å². The third-order valence-electron chi connectivity index (χ3n) is 3.84. The number of hydrogen-bond acceptors (Lipinski definition) is 3. The van der Waals surface area contributed by atoms with Crippen LogP contribution in [0.15, 0.2) is 47.3 Å². The number of alkyl halides is 3. The van der Waals surface area contributed by atoms with Crippen molar-refractivity contribution >= 4 is 28.5 Å². The number of carbonyl (C=O) groups is 1. The Labute approximate surface area is 150 Å². The van der Waals surface area contributed by atoms with Gasteiger partial charge in [0.15, 0.2) is 5.43 Å². The molecule has 4 nitrogen and oxygen atoms in total. The van der Waals surface area contributed by atoms with Crippen molar-refractivity contribution in [2.45, 2.75) is 6.18 Å². The topological polar surface area (TPSA) is 59.2 Å². The number of aromatic amines is 1. The molecule has 0 saturated heterocycles. The smallest absolute Gasteiger partial charge is 0.418 e. The minimum atomic E-state index is -4.77. The molecule has 1 N–H and O–H groups in total. The average molecular weight is 382 g/mol. The molecule has 0 radical (unpaired) electrons. The van der Waals surface area contributed by atoms with E-state index in [1.54, 1.807) is 30.3 Å². The van der Waals surface area contributed by atoms with Gasteiger partial charge in [-0.25, -0.2) is 4.79 Å². The number of H-pyrrole nitrogens is 1. The molecule has 134 valence electrons. The molecule has 1 heterocycles. The number of halogens is 4. The van der Waals surface area contributed by atoms with Crippen molar-refractivity contribution in [3.63, 3.8) is 0 Å². The molecule has 3 rings (SSSR count). The molecule has 0 spiro atoms. The van der Waals surface area contributed by atoms with Crippen molar-refractivity contribution in [2.75, 3.05) is 7.11 Å². The van der Waals surface area contributed by atoms with E-state index in [0.717, 1.165) is 19.2 Å². The number of ether oxygens (including phenoxy) is 1. The normalized spacial score (nSPS) is 11.6. The fourth-order valence-electron chi connectivity index (χ4n) is 2.67. The molecule has 1 aromatic heterocycles. The second-order valence-electron chi connectivity index (χ2n) is 5.44. The van der Waals surface area contributed by atoms with Gasteiger partial charge in [0.1, 0.15) is 5.69 Å². The Morgan fingerprint density at radius 2 is 1.81 bits per heavy atom. The maximum Gasteiger partial charge on any atom is 0.418 e. The Balaban J connectivity index is 2.46. The lowest BCUT2D eigenvalue weighted by Crippen LogP contribution is -2.16. The standard InChI is InChI=1S/C18H11ClF3NO3/c1-26-17(25)12-8-13(24)14-15(19)10(9-5-3-2-4-6-9)7-11(16(14)23-12)18(20,21)22/h2-8H,1H3,(H,23,24). The van der Waals surface area contributed by atoms with E-state index >= 15 is 0 Å². The van der Waals surface area contributed by atoms with Crippen LogP contribution in [0.2, 0.25) is 5.02 Å². The summed E-state index contributed by atoms with van der Waals surface area (Å²) in [5.41, 5.74) is -2.36. The molecule has 0 saturated carbocycles. The van der Waals surface area contributed by atoms with Crippen LogP contribution in [0.1, 0.15) is 16.1 Å². The third-order valence-corrected chi connectivity index (χ3v) is 4.23. The zero-order valence-electron chi connectivity index (χ0n) is 13.3. The van der Waals surface area contributed by atoms with Gasteiger partial charge in [-0.3, -0.25) is 4.79 Å². The largest absolute Gasteiger partial charge is 0.464 e. The van der Waals surface area contributed by atoms with E-state index in [1.165, 1.54) is 0 Å². The number of aromatic nitrogens is 1. The van der Waals surface area contributed by atoms with Gasteiger partial charge in [-0.05, 0) is 11.6 Å². The van der Waals surface area contributed by atoms with Gasteiger partial charge >= 0.3 is 12.1 Å². The van der Waals surface area contributed by atoms with Crippen molar-refractivity contribution in [1.29, 1.82) is 0 Å². The summed E-state index contributed by atoms with van der Waals surface area (Å²) >= 11 is 6.27. The molecule has 0 amide bonds. The Bertz CT molecular complexity index is 1060. The number of methoxy groups -OCH3 is 1. The zero-order valence-corrected chi connectivity index (χ0v) is 14.0. The van der Waals surface area contributed by atoms with Gasteiger partial charge in [0.2, 0.25) is 0 Å². The number of fused-ring (bicyclic) bond motifs is 1. The Hall–Kier alpha value is -2.80. The lowest BCUT2D eigenvalue weighted by Gasteiger charge is -2.16. The first kappa shape index (κ1) is 18.0. The maximum absolute atomic E-state index is 13.6. The summed E-state index contributed by atoms with van der Waals surface area (Å²) in [4.78, 5) is 26.4. The van der Waals surface area contributed by atoms with E-state index in [1.807, 2.05) is 0 Å². The summed E-state index contributed by atoms with van der Waals surface area (Å²) in [7, 11) is 1.06. The molecular weight excluding hydrogens is 371 g/mol. The van der Waals surface area contributed by atoms with Crippen LogP contribution >= 0.6 is 11.6 Å². The van der Waals surface area contributed by atoms with E-state index in [0.29, 0.717) is 5.56 Å². The molecule has 0 aliphatic carbocycles. The maximum atomic E-state index is 13.6. The molecule has 3 aromatic rings. The SMILES string of the molecule is COC(=O)c1cc(=O)c2c(Cl)c(-c3ccccc3)cc(C(F)(F)F)c2[nH]1. The van der Waals surface area contributed by atoms with E-state index in [-0.39, 0.29) is 21.7 Å². The second kappa shape index (κ2) is 6.49. The summed E-state index contributed by atoms with van der Waals surface area (Å²) < 4.78 is 45.3. The molecule has 8 heteroatoms. The molecule has 0 atom stereocenters. The van der Waals surface area contributed by atoms with Crippen LogP contribution in [0.25, 0.3) is 22.0 Å². The van der Waals surface area contributed by atoms with Crippen LogP contribution in [0.3, 0.4) is 0 Å². The fraction of sp³-hybridized carbons (Fsp3) is 0.111. The Kier molecular flexibility index (Phi) is 4.50. The monoisotopic (exact) mass is 381 g/mol. The van der Waals surface area contributed by atoms with E-state index in [9.17, 15) is 22.8 Å². The Morgan fingerprint density at radius 1 is 1.15 bits per heavy atom. The summed E-state index contributed by atoms with van der Waals surface area (Å²) in [5.74, 6) is -0.958. The lowest BCUT2D eigenvalue weighted by molar-refractivity contribution is -0.136. The number of pyridine rings is 1. The summed E-state index contributed by atoms with van der Waals surface area (Å²) in [6.45, 7) is 0. The minimum Gasteiger partial charge on any atom is -0.464 e. The summed E-state index contributed by atoms with van der Waals surface area (Å²) in [6.07, 6.45) is -4.77. The number of hydrogen-bond donors (Lipinski definition) is 1. The third kappa shape index (κ3) is 3.06. The molecule has 0 bridgehead atoms. The van der Waals surface area contributed by atoms with Gasteiger partial charge in [-0.2, -0.15) is 13.2 Å². The van der Waals surface area contributed by atoms with Crippen molar-refractivity contribution in [1.82, 2.24) is 4.98 Å². The number of benzene rings is 2. The molecule has 0 aliphatic rings. The highest BCUT2D eigenvalue weighted by atomic mass is 35.5. The van der Waals surface area contributed by atoms with Crippen LogP contribution in [0.4, 0.5) is 13.2 Å². The zero-order chi connectivity index (χ0) is 19.1.